The second-order valence-corrected chi connectivity index (χ2v) is 11.7. The average Bonchev–Trinajstić information content (AvgIpc) is 2.79. The molecular weight excluding hydrogens is 554 g/mol. The van der Waals surface area contributed by atoms with Crippen molar-refractivity contribution in [2.45, 2.75) is 75.5 Å². The molecule has 0 saturated heterocycles. The zero-order chi connectivity index (χ0) is 30.0. The Morgan fingerprint density at radius 3 is 0.975 bits per heavy atom. The first-order chi connectivity index (χ1) is 18.5. The minimum absolute atomic E-state index is 0.173. The molecule has 3 aromatic rings. The predicted octanol–water partition coefficient (Wildman–Crippen LogP) is 8.91. The maximum Gasteiger partial charge on any atom is 0.422 e. The van der Waals surface area contributed by atoms with Gasteiger partial charge >= 0.3 is 12.4 Å². The summed E-state index contributed by atoms with van der Waals surface area (Å²) in [5.74, 6) is 1.13. The van der Waals surface area contributed by atoms with Crippen LogP contribution in [0, 0.1) is 41.5 Å². The lowest BCUT2D eigenvalue weighted by atomic mass is 10.1. The van der Waals surface area contributed by atoms with Gasteiger partial charge in [-0.05, 0) is 81.8 Å². The van der Waals surface area contributed by atoms with Crippen LogP contribution in [0.4, 0.5) is 26.3 Å². The van der Waals surface area contributed by atoms with Crippen LogP contribution in [0.3, 0.4) is 0 Å². The molecule has 0 aliphatic carbocycles. The average molecular weight is 588 g/mol. The fourth-order valence-corrected chi connectivity index (χ4v) is 7.21. The van der Waals surface area contributed by atoms with Crippen LogP contribution < -0.4 is 14.2 Å². The van der Waals surface area contributed by atoms with E-state index in [0.717, 1.165) is 31.6 Å². The zero-order valence-electron chi connectivity index (χ0n) is 23.5. The molecule has 0 bridgehead atoms. The van der Waals surface area contributed by atoms with Crippen LogP contribution in [-0.2, 0) is 10.9 Å². The zero-order valence-corrected chi connectivity index (χ0v) is 24.3. The monoisotopic (exact) mass is 587 g/mol. The van der Waals surface area contributed by atoms with E-state index in [2.05, 4.69) is 0 Å². The first-order valence-corrected chi connectivity index (χ1v) is 13.8. The molecule has 0 amide bonds. The van der Waals surface area contributed by atoms with Gasteiger partial charge in [0.25, 0.3) is 0 Å². The molecule has 0 saturated carbocycles. The van der Waals surface area contributed by atoms with E-state index >= 15 is 0 Å². The summed E-state index contributed by atoms with van der Waals surface area (Å²) in [5.41, 5.74) is 4.05. The fraction of sp³-hybridized carbons (Fsp3) is 0.400. The first-order valence-electron chi connectivity index (χ1n) is 12.6. The van der Waals surface area contributed by atoms with Crippen LogP contribution in [0.15, 0.2) is 51.1 Å². The molecule has 0 spiro atoms. The van der Waals surface area contributed by atoms with Gasteiger partial charge < -0.3 is 14.2 Å². The SMILES string of the molecule is CCOc1c(C)cc([S+](c2cc(C)c(OCC(F)(F)F)c(C)c2)c2cc(C)c(OCC(F)(F)F)c(C)c2)cc1C. The lowest BCUT2D eigenvalue weighted by Crippen LogP contribution is -2.20. The van der Waals surface area contributed by atoms with Gasteiger partial charge in [0, 0.05) is 36.4 Å². The summed E-state index contributed by atoms with van der Waals surface area (Å²) in [7, 11) is -0.758. The van der Waals surface area contributed by atoms with Crippen molar-refractivity contribution in [2.24, 2.45) is 0 Å². The second-order valence-electron chi connectivity index (χ2n) is 9.71. The minimum Gasteiger partial charge on any atom is -0.493 e. The highest BCUT2D eigenvalue weighted by Gasteiger charge is 2.34. The third kappa shape index (κ3) is 7.80. The third-order valence-electron chi connectivity index (χ3n) is 6.06. The summed E-state index contributed by atoms with van der Waals surface area (Å²) in [6.07, 6.45) is -8.94. The minimum atomic E-state index is -4.47. The topological polar surface area (TPSA) is 27.7 Å². The number of halogens is 6. The van der Waals surface area contributed by atoms with Crippen LogP contribution in [0.2, 0.25) is 0 Å². The van der Waals surface area contributed by atoms with Crippen LogP contribution in [-0.4, -0.2) is 32.2 Å². The van der Waals surface area contributed by atoms with Gasteiger partial charge in [-0.3, -0.25) is 0 Å². The molecule has 0 aliphatic rings. The van der Waals surface area contributed by atoms with Crippen molar-refractivity contribution in [1.29, 1.82) is 0 Å². The Balaban J connectivity index is 2.19. The molecule has 0 fully saturated rings. The normalized spacial score (nSPS) is 12.2. The smallest absolute Gasteiger partial charge is 0.422 e. The summed E-state index contributed by atoms with van der Waals surface area (Å²) < 4.78 is 93.1. The Labute approximate surface area is 233 Å². The maximum atomic E-state index is 12.8. The molecule has 3 aromatic carbocycles. The van der Waals surface area contributed by atoms with E-state index in [9.17, 15) is 26.3 Å². The maximum absolute atomic E-state index is 12.8. The second kappa shape index (κ2) is 12.2. The van der Waals surface area contributed by atoms with E-state index in [1.165, 1.54) is 0 Å². The van der Waals surface area contributed by atoms with Crippen molar-refractivity contribution in [3.05, 3.63) is 69.8 Å². The molecule has 3 rings (SSSR count). The lowest BCUT2D eigenvalue weighted by Gasteiger charge is -2.18. The third-order valence-corrected chi connectivity index (χ3v) is 8.18. The van der Waals surface area contributed by atoms with Gasteiger partial charge in [-0.15, -0.1) is 0 Å². The van der Waals surface area contributed by atoms with Gasteiger partial charge in [0.2, 0.25) is 0 Å². The van der Waals surface area contributed by atoms with Gasteiger partial charge in [0.15, 0.2) is 27.9 Å². The number of rotatable bonds is 9. The largest absolute Gasteiger partial charge is 0.493 e. The van der Waals surface area contributed by atoms with E-state index in [4.69, 9.17) is 14.2 Å². The van der Waals surface area contributed by atoms with Gasteiger partial charge in [0.05, 0.1) is 17.5 Å². The summed E-state index contributed by atoms with van der Waals surface area (Å²) in [5, 5.41) is 0. The summed E-state index contributed by atoms with van der Waals surface area (Å²) in [6, 6.07) is 11.3. The van der Waals surface area contributed by atoms with Gasteiger partial charge in [-0.25, -0.2) is 0 Å². The molecule has 3 nitrogen and oxygen atoms in total. The first kappa shape index (κ1) is 31.5. The van der Waals surface area contributed by atoms with Gasteiger partial charge in [-0.2, -0.15) is 26.3 Å². The Morgan fingerprint density at radius 1 is 0.500 bits per heavy atom. The van der Waals surface area contributed by atoms with Crippen molar-refractivity contribution in [3.8, 4) is 17.2 Å². The summed E-state index contributed by atoms with van der Waals surface area (Å²) >= 11 is 0. The van der Waals surface area contributed by atoms with E-state index in [0.29, 0.717) is 28.9 Å². The van der Waals surface area contributed by atoms with E-state index in [-0.39, 0.29) is 11.5 Å². The molecule has 0 N–H and O–H groups in total. The Bertz CT molecular complexity index is 1220. The number of hydrogen-bond acceptors (Lipinski definition) is 3. The molecule has 0 radical (unpaired) electrons. The van der Waals surface area contributed by atoms with Crippen molar-refractivity contribution in [3.63, 3.8) is 0 Å². The van der Waals surface area contributed by atoms with Crippen LogP contribution in [0.25, 0.3) is 0 Å². The van der Waals surface area contributed by atoms with E-state index < -0.39 is 36.5 Å². The van der Waals surface area contributed by atoms with Crippen molar-refractivity contribution >= 4 is 10.9 Å². The molecule has 0 aliphatic heterocycles. The summed E-state index contributed by atoms with van der Waals surface area (Å²) in [4.78, 5) is 2.60. The van der Waals surface area contributed by atoms with Crippen molar-refractivity contribution < 1.29 is 40.6 Å². The van der Waals surface area contributed by atoms with Crippen molar-refractivity contribution in [2.75, 3.05) is 19.8 Å². The number of alkyl halides is 6. The number of benzene rings is 3. The Kier molecular flexibility index (Phi) is 9.65. The fourth-order valence-electron chi connectivity index (χ4n) is 4.63. The predicted molar refractivity (Wildman–Crippen MR) is 144 cm³/mol. The molecule has 0 atom stereocenters. The Hall–Kier alpha value is -3.01. The molecule has 218 valence electrons. The number of ether oxygens (including phenoxy) is 3. The molecule has 0 heterocycles. The molecule has 40 heavy (non-hydrogen) atoms. The Morgan fingerprint density at radius 2 is 0.750 bits per heavy atom. The van der Waals surface area contributed by atoms with Gasteiger partial charge in [0.1, 0.15) is 17.2 Å². The number of hydrogen-bond donors (Lipinski definition) is 0. The highest BCUT2D eigenvalue weighted by molar-refractivity contribution is 7.97. The molecule has 0 aromatic heterocycles. The van der Waals surface area contributed by atoms with Crippen LogP contribution >= 0.6 is 0 Å². The quantitative estimate of drug-likeness (QED) is 0.185. The molecule has 10 heteroatoms. The van der Waals surface area contributed by atoms with E-state index in [1.807, 2.05) is 57.2 Å². The van der Waals surface area contributed by atoms with Crippen LogP contribution in [0.5, 0.6) is 17.2 Å². The van der Waals surface area contributed by atoms with Crippen LogP contribution in [0.1, 0.15) is 40.3 Å². The standard InChI is InChI=1S/C30H33F6O3S/c1-8-37-26-17(2)9-23(10-18(26)3)40(24-11-19(4)27(20(5)12-24)38-15-29(31,32)33)25-13-21(6)28(22(7)14-25)39-16-30(34,35)36/h9-14H,8,15-16H2,1-7H3/q+1. The molecule has 0 unspecified atom stereocenters. The highest BCUT2D eigenvalue weighted by atomic mass is 32.2. The van der Waals surface area contributed by atoms with E-state index in [1.54, 1.807) is 27.7 Å². The van der Waals surface area contributed by atoms with Crippen molar-refractivity contribution in [1.82, 2.24) is 0 Å². The number of aryl methyl sites for hydroxylation is 6. The van der Waals surface area contributed by atoms with Gasteiger partial charge in [-0.1, -0.05) is 0 Å². The lowest BCUT2D eigenvalue weighted by molar-refractivity contribution is -0.154. The molecular formula is C30H33F6O3S+. The summed E-state index contributed by atoms with van der Waals surface area (Å²) in [6.45, 7) is 10.3. The highest BCUT2D eigenvalue weighted by Crippen LogP contribution is 2.40.